The van der Waals surface area contributed by atoms with Gasteiger partial charge in [-0.15, -0.1) is 0 Å². The summed E-state index contributed by atoms with van der Waals surface area (Å²) in [4.78, 5) is 24.8. The molecular formula is C24H24O5. The number of allylic oxidation sites excluding steroid dienone is 1. The lowest BCUT2D eigenvalue weighted by Gasteiger charge is -2.37. The molecule has 0 bridgehead atoms. The normalized spacial score (nSPS) is 23.5. The molecule has 1 fully saturated rings. The number of esters is 1. The summed E-state index contributed by atoms with van der Waals surface area (Å²) in [7, 11) is 0. The van der Waals surface area contributed by atoms with Crippen LogP contribution in [-0.2, 0) is 30.4 Å². The average Bonchev–Trinajstić information content (AvgIpc) is 2.78. The van der Waals surface area contributed by atoms with Gasteiger partial charge < -0.3 is 14.2 Å². The number of benzene rings is 2. The van der Waals surface area contributed by atoms with E-state index in [1.807, 2.05) is 60.7 Å². The van der Waals surface area contributed by atoms with Crippen LogP contribution in [0.2, 0.25) is 0 Å². The van der Waals surface area contributed by atoms with Crippen molar-refractivity contribution in [1.82, 2.24) is 0 Å². The van der Waals surface area contributed by atoms with Crippen molar-refractivity contribution >= 4 is 17.3 Å². The molecule has 29 heavy (non-hydrogen) atoms. The van der Waals surface area contributed by atoms with Crippen molar-refractivity contribution in [2.24, 2.45) is 5.92 Å². The third-order valence-corrected chi connectivity index (χ3v) is 5.47. The van der Waals surface area contributed by atoms with E-state index in [9.17, 15) is 9.59 Å². The quantitative estimate of drug-likeness (QED) is 0.697. The maximum absolute atomic E-state index is 12.9. The van der Waals surface area contributed by atoms with Gasteiger partial charge in [0.2, 0.25) is 0 Å². The van der Waals surface area contributed by atoms with Crippen molar-refractivity contribution < 1.29 is 23.8 Å². The maximum atomic E-state index is 12.9. The molecule has 0 N–H and O–H groups in total. The Balaban J connectivity index is 1.27. The van der Waals surface area contributed by atoms with Gasteiger partial charge in [-0.05, 0) is 24.0 Å². The topological polar surface area (TPSA) is 61.8 Å². The van der Waals surface area contributed by atoms with Gasteiger partial charge in [0.05, 0.1) is 23.9 Å². The van der Waals surface area contributed by atoms with Crippen molar-refractivity contribution in [1.29, 1.82) is 0 Å². The zero-order chi connectivity index (χ0) is 20.1. The average molecular weight is 392 g/mol. The van der Waals surface area contributed by atoms with Gasteiger partial charge in [0.1, 0.15) is 19.3 Å². The van der Waals surface area contributed by atoms with Crippen LogP contribution in [0.25, 0.3) is 5.57 Å². The summed E-state index contributed by atoms with van der Waals surface area (Å²) in [6, 6.07) is 19.1. The number of ketones is 1. The number of carbonyl (C=O) groups excluding carboxylic acids is 2. The largest absolute Gasteiger partial charge is 0.496 e. The van der Waals surface area contributed by atoms with Crippen molar-refractivity contribution in [2.75, 3.05) is 6.61 Å². The standard InChI is InChI=1S/C24H24O5/c25-23(29-14-17-7-3-1-4-8-17)16-27-19-11-12-20-22(13-19)28-15-21(24(20)26)18-9-5-2-6-10-18/h1-10,15,19-20,22H,11-14,16H2. The van der Waals surface area contributed by atoms with E-state index in [-0.39, 0.29) is 43.1 Å². The summed E-state index contributed by atoms with van der Waals surface area (Å²) in [5, 5.41) is 0. The molecule has 0 saturated heterocycles. The summed E-state index contributed by atoms with van der Waals surface area (Å²) in [6.07, 6.45) is 3.28. The molecule has 3 atom stereocenters. The summed E-state index contributed by atoms with van der Waals surface area (Å²) in [5.41, 5.74) is 2.46. The van der Waals surface area contributed by atoms with Crippen LogP contribution in [0.3, 0.4) is 0 Å². The molecule has 5 nitrogen and oxygen atoms in total. The lowest BCUT2D eigenvalue weighted by molar-refractivity contribution is -0.155. The van der Waals surface area contributed by atoms with Gasteiger partial charge in [-0.1, -0.05) is 60.7 Å². The zero-order valence-electron chi connectivity index (χ0n) is 16.2. The number of rotatable bonds is 6. The molecule has 0 spiro atoms. The molecular weight excluding hydrogens is 368 g/mol. The summed E-state index contributed by atoms with van der Waals surface area (Å²) in [6.45, 7) is 0.150. The predicted octanol–water partition coefficient (Wildman–Crippen LogP) is 3.92. The molecule has 0 aromatic heterocycles. The highest BCUT2D eigenvalue weighted by Gasteiger charge is 2.40. The Morgan fingerprint density at radius 1 is 1.00 bits per heavy atom. The lowest BCUT2D eigenvalue weighted by Crippen LogP contribution is -2.41. The third kappa shape index (κ3) is 4.74. The molecule has 2 aliphatic rings. The van der Waals surface area contributed by atoms with Crippen LogP contribution in [-0.4, -0.2) is 30.6 Å². The van der Waals surface area contributed by atoms with Crippen molar-refractivity contribution in [3.63, 3.8) is 0 Å². The molecule has 2 aromatic carbocycles. The number of carbonyl (C=O) groups is 2. The van der Waals surface area contributed by atoms with E-state index in [4.69, 9.17) is 14.2 Å². The SMILES string of the molecule is O=C(COC1CCC2C(=O)C(c3ccccc3)=COC2C1)OCc1ccccc1. The minimum atomic E-state index is -0.386. The third-order valence-electron chi connectivity index (χ3n) is 5.47. The fraction of sp³-hybridized carbons (Fsp3) is 0.333. The number of ether oxygens (including phenoxy) is 3. The molecule has 0 radical (unpaired) electrons. The fourth-order valence-corrected chi connectivity index (χ4v) is 3.90. The number of hydrogen-bond donors (Lipinski definition) is 0. The molecule has 1 aliphatic carbocycles. The molecule has 1 heterocycles. The van der Waals surface area contributed by atoms with Crippen molar-refractivity contribution in [2.45, 2.75) is 38.1 Å². The molecule has 1 saturated carbocycles. The lowest BCUT2D eigenvalue weighted by atomic mass is 9.78. The van der Waals surface area contributed by atoms with E-state index in [0.29, 0.717) is 18.4 Å². The highest BCUT2D eigenvalue weighted by atomic mass is 16.6. The predicted molar refractivity (Wildman–Crippen MR) is 108 cm³/mol. The van der Waals surface area contributed by atoms with Crippen LogP contribution in [0.1, 0.15) is 30.4 Å². The highest BCUT2D eigenvalue weighted by molar-refractivity contribution is 6.22. The molecule has 150 valence electrons. The summed E-state index contributed by atoms with van der Waals surface area (Å²) < 4.78 is 16.9. The van der Waals surface area contributed by atoms with Gasteiger partial charge in [-0.2, -0.15) is 0 Å². The van der Waals surface area contributed by atoms with Gasteiger partial charge in [0.25, 0.3) is 0 Å². The molecule has 3 unspecified atom stereocenters. The van der Waals surface area contributed by atoms with E-state index in [2.05, 4.69) is 0 Å². The van der Waals surface area contributed by atoms with Crippen LogP contribution >= 0.6 is 0 Å². The molecule has 1 aliphatic heterocycles. The molecule has 2 aromatic rings. The second-order valence-corrected chi connectivity index (χ2v) is 7.44. The van der Waals surface area contributed by atoms with Crippen LogP contribution in [0.4, 0.5) is 0 Å². The first kappa shape index (κ1) is 19.4. The maximum Gasteiger partial charge on any atom is 0.332 e. The number of hydrogen-bond acceptors (Lipinski definition) is 5. The Bertz CT molecular complexity index is 875. The monoisotopic (exact) mass is 392 g/mol. The van der Waals surface area contributed by atoms with Crippen LogP contribution in [0.5, 0.6) is 0 Å². The van der Waals surface area contributed by atoms with E-state index < -0.39 is 0 Å². The minimum absolute atomic E-state index is 0.0893. The molecule has 4 rings (SSSR count). The van der Waals surface area contributed by atoms with E-state index in [0.717, 1.165) is 17.5 Å². The van der Waals surface area contributed by atoms with Crippen LogP contribution < -0.4 is 0 Å². The Morgan fingerprint density at radius 2 is 1.72 bits per heavy atom. The molecule has 0 amide bonds. The summed E-state index contributed by atoms with van der Waals surface area (Å²) >= 11 is 0. The number of Topliss-reactive ketones (excluding diaryl/α,β-unsaturated/α-hetero) is 1. The van der Waals surface area contributed by atoms with Gasteiger partial charge in [0.15, 0.2) is 5.78 Å². The first-order valence-corrected chi connectivity index (χ1v) is 9.97. The van der Waals surface area contributed by atoms with Crippen LogP contribution in [0.15, 0.2) is 66.9 Å². The Morgan fingerprint density at radius 3 is 2.48 bits per heavy atom. The van der Waals surface area contributed by atoms with E-state index >= 15 is 0 Å². The van der Waals surface area contributed by atoms with E-state index in [1.165, 1.54) is 0 Å². The Hall–Kier alpha value is -2.92. The second-order valence-electron chi connectivity index (χ2n) is 7.44. The zero-order valence-corrected chi connectivity index (χ0v) is 16.2. The van der Waals surface area contributed by atoms with Gasteiger partial charge in [-0.3, -0.25) is 4.79 Å². The Kier molecular flexibility index (Phi) is 6.06. The van der Waals surface area contributed by atoms with Gasteiger partial charge >= 0.3 is 5.97 Å². The first-order chi connectivity index (χ1) is 14.2. The fourth-order valence-electron chi connectivity index (χ4n) is 3.90. The summed E-state index contributed by atoms with van der Waals surface area (Å²) in [5.74, 6) is -0.406. The number of fused-ring (bicyclic) bond motifs is 1. The van der Waals surface area contributed by atoms with E-state index in [1.54, 1.807) is 6.26 Å². The molecule has 5 heteroatoms. The van der Waals surface area contributed by atoms with Gasteiger partial charge in [0, 0.05) is 6.42 Å². The van der Waals surface area contributed by atoms with Crippen molar-refractivity contribution in [3.8, 4) is 0 Å². The Labute approximate surface area is 170 Å². The minimum Gasteiger partial charge on any atom is -0.496 e. The highest BCUT2D eigenvalue weighted by Crippen LogP contribution is 2.37. The smallest absolute Gasteiger partial charge is 0.332 e. The second kappa shape index (κ2) is 9.05. The van der Waals surface area contributed by atoms with Crippen molar-refractivity contribution in [3.05, 3.63) is 78.1 Å². The van der Waals surface area contributed by atoms with Crippen LogP contribution in [0, 0.1) is 5.92 Å². The van der Waals surface area contributed by atoms with Gasteiger partial charge in [-0.25, -0.2) is 4.79 Å². The first-order valence-electron chi connectivity index (χ1n) is 9.97.